The summed E-state index contributed by atoms with van der Waals surface area (Å²) in [6.45, 7) is 2.41. The van der Waals surface area contributed by atoms with E-state index in [2.05, 4.69) is 20.2 Å². The summed E-state index contributed by atoms with van der Waals surface area (Å²) in [6, 6.07) is 12.3. The van der Waals surface area contributed by atoms with Gasteiger partial charge in [-0.3, -0.25) is 9.78 Å². The van der Waals surface area contributed by atoms with Crippen LogP contribution in [0.3, 0.4) is 0 Å². The number of nitrogens with one attached hydrogen (secondary N) is 1. The summed E-state index contributed by atoms with van der Waals surface area (Å²) < 4.78 is 5.22. The maximum absolute atomic E-state index is 12.6. The number of amides is 2. The molecule has 29 heavy (non-hydrogen) atoms. The number of carbonyl (C=O) groups is 2. The quantitative estimate of drug-likeness (QED) is 0.688. The lowest BCUT2D eigenvalue weighted by molar-refractivity contribution is 0.112. The number of aromatic nitrogens is 2. The number of nitrogens with zero attached hydrogens (tertiary/aromatic N) is 4. The second-order valence-corrected chi connectivity index (χ2v) is 6.69. The number of aldehydes is 1. The van der Waals surface area contributed by atoms with E-state index >= 15 is 0 Å². The average Bonchev–Trinajstić information content (AvgIpc) is 2.78. The third-order valence-electron chi connectivity index (χ3n) is 4.96. The fraction of sp³-hybridized carbons (Fsp3) is 0.238. The van der Waals surface area contributed by atoms with Gasteiger partial charge in [0.25, 0.3) is 0 Å². The number of rotatable bonds is 4. The third kappa shape index (κ3) is 3.96. The maximum atomic E-state index is 12.6. The second-order valence-electron chi connectivity index (χ2n) is 6.69. The second kappa shape index (κ2) is 8.14. The highest BCUT2D eigenvalue weighted by atomic mass is 16.5. The molecule has 8 nitrogen and oxygen atoms in total. The van der Waals surface area contributed by atoms with Crippen LogP contribution < -0.4 is 15.0 Å². The first kappa shape index (κ1) is 18.7. The molecule has 1 N–H and O–H groups in total. The third-order valence-corrected chi connectivity index (χ3v) is 4.96. The first-order valence-corrected chi connectivity index (χ1v) is 9.34. The first-order valence-electron chi connectivity index (χ1n) is 9.34. The van der Waals surface area contributed by atoms with E-state index in [1.54, 1.807) is 42.5 Å². The summed E-state index contributed by atoms with van der Waals surface area (Å²) in [5.41, 5.74) is 2.56. The highest BCUT2D eigenvalue weighted by molar-refractivity contribution is 5.95. The minimum atomic E-state index is -0.212. The van der Waals surface area contributed by atoms with Gasteiger partial charge in [-0.2, -0.15) is 0 Å². The van der Waals surface area contributed by atoms with Crippen LogP contribution in [0.15, 0.2) is 48.7 Å². The number of urea groups is 1. The van der Waals surface area contributed by atoms with Crippen molar-refractivity contribution >= 4 is 34.9 Å². The molecule has 0 atom stereocenters. The molecule has 4 rings (SSSR count). The number of fused-ring (bicyclic) bond motifs is 1. The van der Waals surface area contributed by atoms with E-state index in [4.69, 9.17) is 4.74 Å². The topological polar surface area (TPSA) is 87.7 Å². The number of methoxy groups -OCH3 is 1. The zero-order chi connectivity index (χ0) is 20.2. The molecule has 1 saturated heterocycles. The van der Waals surface area contributed by atoms with Gasteiger partial charge in [-0.25, -0.2) is 9.78 Å². The van der Waals surface area contributed by atoms with Crippen LogP contribution >= 0.6 is 0 Å². The molecule has 1 aliphatic rings. The van der Waals surface area contributed by atoms with Crippen molar-refractivity contribution in [3.8, 4) is 5.75 Å². The van der Waals surface area contributed by atoms with Crippen molar-refractivity contribution in [2.45, 2.75) is 0 Å². The number of anilines is 2. The Morgan fingerprint density at radius 1 is 1.10 bits per heavy atom. The Morgan fingerprint density at radius 3 is 2.66 bits per heavy atom. The highest BCUT2D eigenvalue weighted by Gasteiger charge is 2.22. The Labute approximate surface area is 168 Å². The smallest absolute Gasteiger partial charge is 0.321 e. The van der Waals surface area contributed by atoms with E-state index in [1.807, 2.05) is 18.2 Å². The maximum Gasteiger partial charge on any atom is 0.321 e. The molecule has 1 aliphatic heterocycles. The number of hydrogen-bond acceptors (Lipinski definition) is 6. The monoisotopic (exact) mass is 391 g/mol. The molecule has 148 valence electrons. The fourth-order valence-electron chi connectivity index (χ4n) is 3.31. The van der Waals surface area contributed by atoms with Crippen molar-refractivity contribution < 1.29 is 14.3 Å². The highest BCUT2D eigenvalue weighted by Crippen LogP contribution is 2.21. The van der Waals surface area contributed by atoms with Gasteiger partial charge in [-0.1, -0.05) is 12.1 Å². The Hall–Kier alpha value is -3.68. The summed E-state index contributed by atoms with van der Waals surface area (Å²) in [6.07, 6.45) is 2.49. The van der Waals surface area contributed by atoms with Crippen molar-refractivity contribution in [1.29, 1.82) is 0 Å². The Bertz CT molecular complexity index is 1050. The normalized spacial score (nSPS) is 14.0. The van der Waals surface area contributed by atoms with Gasteiger partial charge in [0.15, 0.2) is 6.29 Å². The largest absolute Gasteiger partial charge is 0.497 e. The lowest BCUT2D eigenvalue weighted by atomic mass is 10.2. The summed E-state index contributed by atoms with van der Waals surface area (Å²) in [5.74, 6) is 1.53. The molecule has 1 fully saturated rings. The molecular formula is C21H21N5O3. The molecule has 0 unspecified atom stereocenters. The molecule has 3 aromatic rings. The van der Waals surface area contributed by atoms with Crippen molar-refractivity contribution in [3.63, 3.8) is 0 Å². The summed E-state index contributed by atoms with van der Waals surface area (Å²) in [4.78, 5) is 36.7. The van der Waals surface area contributed by atoms with Crippen LogP contribution in [0.1, 0.15) is 10.4 Å². The van der Waals surface area contributed by atoms with Gasteiger partial charge in [0, 0.05) is 37.8 Å². The molecular weight excluding hydrogens is 370 g/mol. The van der Waals surface area contributed by atoms with Crippen LogP contribution in [0.2, 0.25) is 0 Å². The Kier molecular flexibility index (Phi) is 5.24. The van der Waals surface area contributed by atoms with Gasteiger partial charge in [-0.15, -0.1) is 0 Å². The van der Waals surface area contributed by atoms with Crippen molar-refractivity contribution in [1.82, 2.24) is 14.9 Å². The number of para-hydroxylation sites is 1. The van der Waals surface area contributed by atoms with Crippen molar-refractivity contribution in [3.05, 3.63) is 54.2 Å². The van der Waals surface area contributed by atoms with E-state index in [1.165, 1.54) is 0 Å². The van der Waals surface area contributed by atoms with Crippen LogP contribution in [0, 0.1) is 0 Å². The van der Waals surface area contributed by atoms with Gasteiger partial charge in [0.1, 0.15) is 11.6 Å². The Balaban J connectivity index is 1.40. The van der Waals surface area contributed by atoms with E-state index in [0.717, 1.165) is 28.9 Å². The molecule has 0 saturated carbocycles. The fourth-order valence-corrected chi connectivity index (χ4v) is 3.31. The van der Waals surface area contributed by atoms with E-state index in [0.29, 0.717) is 37.4 Å². The van der Waals surface area contributed by atoms with Crippen molar-refractivity contribution in [2.24, 2.45) is 0 Å². The lowest BCUT2D eigenvalue weighted by Gasteiger charge is -2.35. The molecule has 0 radical (unpaired) electrons. The molecule has 8 heteroatoms. The summed E-state index contributed by atoms with van der Waals surface area (Å²) in [7, 11) is 1.62. The van der Waals surface area contributed by atoms with Crippen LogP contribution in [0.5, 0.6) is 5.75 Å². The molecule has 1 aromatic heterocycles. The van der Waals surface area contributed by atoms with Crippen LogP contribution in [0.25, 0.3) is 11.0 Å². The van der Waals surface area contributed by atoms with E-state index < -0.39 is 0 Å². The first-order chi connectivity index (χ1) is 14.2. The molecule has 2 heterocycles. The predicted octanol–water partition coefficient (Wildman–Crippen LogP) is 2.81. The Morgan fingerprint density at radius 2 is 1.90 bits per heavy atom. The zero-order valence-electron chi connectivity index (χ0n) is 16.0. The summed E-state index contributed by atoms with van der Waals surface area (Å²) >= 11 is 0. The molecule has 2 aromatic carbocycles. The number of carbonyl (C=O) groups excluding carboxylic acids is 2. The number of hydrogen-bond donors (Lipinski definition) is 1. The van der Waals surface area contributed by atoms with E-state index in [-0.39, 0.29) is 6.03 Å². The van der Waals surface area contributed by atoms with E-state index in [9.17, 15) is 9.59 Å². The minimum absolute atomic E-state index is 0.212. The van der Waals surface area contributed by atoms with Gasteiger partial charge >= 0.3 is 6.03 Å². The number of ether oxygens (including phenoxy) is 1. The summed E-state index contributed by atoms with van der Waals surface area (Å²) in [5, 5.41) is 2.82. The zero-order valence-corrected chi connectivity index (χ0v) is 16.0. The molecule has 0 bridgehead atoms. The van der Waals surface area contributed by atoms with Gasteiger partial charge in [-0.05, 0) is 24.3 Å². The minimum Gasteiger partial charge on any atom is -0.497 e. The predicted molar refractivity (Wildman–Crippen MR) is 111 cm³/mol. The van der Waals surface area contributed by atoms with Gasteiger partial charge in [0.2, 0.25) is 0 Å². The number of piperazine rings is 1. The van der Waals surface area contributed by atoms with Crippen molar-refractivity contribution in [2.75, 3.05) is 43.5 Å². The lowest BCUT2D eigenvalue weighted by Crippen LogP contribution is -2.50. The van der Waals surface area contributed by atoms with Crippen LogP contribution in [-0.4, -0.2) is 60.5 Å². The molecule has 0 aliphatic carbocycles. The van der Waals surface area contributed by atoms with Gasteiger partial charge < -0.3 is 19.9 Å². The van der Waals surface area contributed by atoms with Crippen LogP contribution in [-0.2, 0) is 0 Å². The molecule has 0 spiro atoms. The van der Waals surface area contributed by atoms with Gasteiger partial charge in [0.05, 0.1) is 30.0 Å². The van der Waals surface area contributed by atoms with Crippen LogP contribution in [0.4, 0.5) is 16.3 Å². The SMILES string of the molecule is COc1ccc2nc(N3CCN(C(=O)Nc4ccccc4C=O)CC3)cnc2c1. The average molecular weight is 391 g/mol. The number of benzene rings is 2. The standard InChI is InChI=1S/C21H21N5O3/c1-29-16-6-7-18-19(12-16)22-13-20(23-18)25-8-10-26(11-9-25)21(28)24-17-5-3-2-4-15(17)14-27/h2-7,12-14H,8-11H2,1H3,(H,24,28). The molecule has 2 amide bonds.